The molecule has 7 heteroatoms. The monoisotopic (exact) mass is 443 g/mol. The Morgan fingerprint density at radius 3 is 2.67 bits per heavy atom. The molecule has 3 aromatic rings. The van der Waals surface area contributed by atoms with Crippen LogP contribution in [0.25, 0.3) is 11.1 Å². The maximum Gasteiger partial charge on any atom is 0.222 e. The Kier molecular flexibility index (Phi) is 7.53. The Labute approximate surface area is 194 Å². The van der Waals surface area contributed by atoms with Gasteiger partial charge in [-0.15, -0.1) is 0 Å². The van der Waals surface area contributed by atoms with Crippen molar-refractivity contribution in [2.45, 2.75) is 26.2 Å². The van der Waals surface area contributed by atoms with E-state index in [4.69, 9.17) is 25.5 Å². The zero-order valence-corrected chi connectivity index (χ0v) is 18.8. The van der Waals surface area contributed by atoms with E-state index in [2.05, 4.69) is 47.9 Å². The molecule has 1 aliphatic heterocycles. The van der Waals surface area contributed by atoms with Crippen LogP contribution in [0.5, 0.6) is 5.88 Å². The number of ether oxygens (including phenoxy) is 2. The minimum Gasteiger partial charge on any atom is -0.472 e. The first-order valence-electron chi connectivity index (χ1n) is 11.2. The van der Waals surface area contributed by atoms with Crippen LogP contribution in [-0.4, -0.2) is 37.3 Å². The molecule has 1 saturated heterocycles. The summed E-state index contributed by atoms with van der Waals surface area (Å²) in [4.78, 5) is 4.78. The quantitative estimate of drug-likeness (QED) is 0.490. The first-order valence-corrected chi connectivity index (χ1v) is 11.2. The molecule has 0 saturated carbocycles. The largest absolute Gasteiger partial charge is 0.472 e. The third-order valence-corrected chi connectivity index (χ3v) is 5.61. The number of nitriles is 1. The van der Waals surface area contributed by atoms with Crippen molar-refractivity contribution in [1.29, 1.82) is 5.26 Å². The van der Waals surface area contributed by atoms with E-state index in [1.54, 1.807) is 12.1 Å². The predicted molar refractivity (Wildman–Crippen MR) is 129 cm³/mol. The highest BCUT2D eigenvalue weighted by Gasteiger charge is 2.17. The van der Waals surface area contributed by atoms with Crippen LogP contribution in [0.1, 0.15) is 22.4 Å². The number of pyridine rings is 1. The van der Waals surface area contributed by atoms with E-state index in [1.807, 2.05) is 18.2 Å². The van der Waals surface area contributed by atoms with E-state index in [0.29, 0.717) is 31.2 Å². The molecule has 0 spiro atoms. The van der Waals surface area contributed by atoms with Gasteiger partial charge in [0.1, 0.15) is 6.61 Å². The summed E-state index contributed by atoms with van der Waals surface area (Å²) in [5.74, 6) is 0.516. The SMILES string of the molecule is Cc1ccc(COc2nc(CN)c(NCC3CNCCO3)cc2-c2ccc(C#N)cc2)cc1. The molecule has 1 aromatic heterocycles. The summed E-state index contributed by atoms with van der Waals surface area (Å²) in [6, 6.07) is 19.8. The van der Waals surface area contributed by atoms with Crippen molar-refractivity contribution >= 4 is 5.69 Å². The van der Waals surface area contributed by atoms with Crippen LogP contribution >= 0.6 is 0 Å². The van der Waals surface area contributed by atoms with Gasteiger partial charge in [-0.05, 0) is 36.2 Å². The second-order valence-corrected chi connectivity index (χ2v) is 8.08. The van der Waals surface area contributed by atoms with Crippen molar-refractivity contribution in [3.05, 3.63) is 77.0 Å². The van der Waals surface area contributed by atoms with E-state index in [9.17, 15) is 0 Å². The molecule has 2 aromatic carbocycles. The number of morpholine rings is 1. The maximum atomic E-state index is 9.16. The van der Waals surface area contributed by atoms with Crippen LogP contribution in [0.3, 0.4) is 0 Å². The number of aryl methyl sites for hydroxylation is 1. The van der Waals surface area contributed by atoms with E-state index in [1.165, 1.54) is 5.56 Å². The smallest absolute Gasteiger partial charge is 0.222 e. The summed E-state index contributed by atoms with van der Waals surface area (Å²) in [6.45, 7) is 5.77. The van der Waals surface area contributed by atoms with Crippen molar-refractivity contribution in [3.63, 3.8) is 0 Å². The fourth-order valence-electron chi connectivity index (χ4n) is 3.69. The Morgan fingerprint density at radius 2 is 2.00 bits per heavy atom. The van der Waals surface area contributed by atoms with Crippen LogP contribution in [0.4, 0.5) is 5.69 Å². The van der Waals surface area contributed by atoms with Crippen molar-refractivity contribution in [2.24, 2.45) is 5.73 Å². The molecule has 1 aliphatic rings. The number of rotatable bonds is 8. The highest BCUT2D eigenvalue weighted by Crippen LogP contribution is 2.33. The molecule has 0 bridgehead atoms. The highest BCUT2D eigenvalue weighted by atomic mass is 16.5. The van der Waals surface area contributed by atoms with Crippen LogP contribution in [-0.2, 0) is 17.9 Å². The van der Waals surface area contributed by atoms with E-state index < -0.39 is 0 Å². The number of benzene rings is 2. The van der Waals surface area contributed by atoms with Crippen molar-refractivity contribution in [3.8, 4) is 23.1 Å². The summed E-state index contributed by atoms with van der Waals surface area (Å²) < 4.78 is 12.0. The molecule has 33 heavy (non-hydrogen) atoms. The lowest BCUT2D eigenvalue weighted by Crippen LogP contribution is -2.42. The highest BCUT2D eigenvalue weighted by molar-refractivity contribution is 5.74. The topological polar surface area (TPSA) is 105 Å². The van der Waals surface area contributed by atoms with Crippen LogP contribution in [0.2, 0.25) is 0 Å². The number of hydrogen-bond donors (Lipinski definition) is 3. The van der Waals surface area contributed by atoms with Crippen LogP contribution < -0.4 is 21.1 Å². The summed E-state index contributed by atoms with van der Waals surface area (Å²) >= 11 is 0. The Morgan fingerprint density at radius 1 is 1.21 bits per heavy atom. The van der Waals surface area contributed by atoms with Crippen molar-refractivity contribution in [1.82, 2.24) is 10.3 Å². The molecule has 1 atom stereocenters. The van der Waals surface area contributed by atoms with Crippen molar-refractivity contribution in [2.75, 3.05) is 31.6 Å². The lowest BCUT2D eigenvalue weighted by Gasteiger charge is -2.25. The first kappa shape index (κ1) is 22.7. The molecule has 0 radical (unpaired) electrons. The lowest BCUT2D eigenvalue weighted by atomic mass is 10.0. The molecule has 1 fully saturated rings. The van der Waals surface area contributed by atoms with Gasteiger partial charge in [-0.25, -0.2) is 4.98 Å². The van der Waals surface area contributed by atoms with Gasteiger partial charge in [-0.2, -0.15) is 5.26 Å². The summed E-state index contributed by atoms with van der Waals surface area (Å²) in [5, 5.41) is 16.0. The third-order valence-electron chi connectivity index (χ3n) is 5.61. The molecular formula is C26H29N5O2. The number of nitrogens with one attached hydrogen (secondary N) is 2. The van der Waals surface area contributed by atoms with Crippen LogP contribution in [0.15, 0.2) is 54.6 Å². The van der Waals surface area contributed by atoms with E-state index in [0.717, 1.165) is 41.2 Å². The van der Waals surface area contributed by atoms with Gasteiger partial charge in [0.2, 0.25) is 5.88 Å². The van der Waals surface area contributed by atoms with Gasteiger partial charge < -0.3 is 25.8 Å². The summed E-state index contributed by atoms with van der Waals surface area (Å²) in [6.07, 6.45) is 0.0835. The fourth-order valence-corrected chi connectivity index (χ4v) is 3.69. The lowest BCUT2D eigenvalue weighted by molar-refractivity contribution is 0.0372. The summed E-state index contributed by atoms with van der Waals surface area (Å²) in [7, 11) is 0. The first-order chi connectivity index (χ1) is 16.2. The van der Waals surface area contributed by atoms with Crippen LogP contribution in [0, 0.1) is 18.3 Å². The number of aromatic nitrogens is 1. The minimum atomic E-state index is 0.0835. The van der Waals surface area contributed by atoms with E-state index >= 15 is 0 Å². The Balaban J connectivity index is 1.63. The van der Waals surface area contributed by atoms with Gasteiger partial charge in [0.25, 0.3) is 0 Å². The molecule has 0 amide bonds. The molecule has 2 heterocycles. The summed E-state index contributed by atoms with van der Waals surface area (Å²) in [5.41, 5.74) is 12.3. The molecular weight excluding hydrogens is 414 g/mol. The molecule has 4 rings (SSSR count). The van der Waals surface area contributed by atoms with Gasteiger partial charge in [0.15, 0.2) is 0 Å². The van der Waals surface area contributed by atoms with Crippen molar-refractivity contribution < 1.29 is 9.47 Å². The molecule has 1 unspecified atom stereocenters. The standard InChI is InChI=1S/C26H29N5O2/c1-18-2-4-20(5-3-18)17-33-26-23(21-8-6-19(13-27)7-9-21)12-24(25(14-28)31-26)30-16-22-15-29-10-11-32-22/h2-9,12,22,29-30H,10-11,14-17,28H2,1H3. The second kappa shape index (κ2) is 10.9. The fraction of sp³-hybridized carbons (Fsp3) is 0.308. The number of nitrogens with zero attached hydrogens (tertiary/aromatic N) is 2. The van der Waals surface area contributed by atoms with Gasteiger partial charge in [0.05, 0.1) is 35.7 Å². The zero-order valence-electron chi connectivity index (χ0n) is 18.8. The predicted octanol–water partition coefficient (Wildman–Crippen LogP) is 3.37. The second-order valence-electron chi connectivity index (χ2n) is 8.08. The average Bonchev–Trinajstić information content (AvgIpc) is 2.87. The van der Waals surface area contributed by atoms with Gasteiger partial charge in [0, 0.05) is 31.7 Å². The van der Waals surface area contributed by atoms with E-state index in [-0.39, 0.29) is 12.6 Å². The number of hydrogen-bond acceptors (Lipinski definition) is 7. The average molecular weight is 444 g/mol. The number of nitrogens with two attached hydrogens (primary N) is 1. The third kappa shape index (κ3) is 5.88. The molecule has 0 aliphatic carbocycles. The molecule has 7 nitrogen and oxygen atoms in total. The van der Waals surface area contributed by atoms with Gasteiger partial charge in [-0.1, -0.05) is 42.0 Å². The molecule has 170 valence electrons. The van der Waals surface area contributed by atoms with Gasteiger partial charge >= 0.3 is 0 Å². The van der Waals surface area contributed by atoms with Gasteiger partial charge in [-0.3, -0.25) is 0 Å². The Bertz CT molecular complexity index is 1100. The normalized spacial score (nSPS) is 15.6. The Hall–Kier alpha value is -3.44. The minimum absolute atomic E-state index is 0.0835. The molecule has 4 N–H and O–H groups in total. The zero-order chi connectivity index (χ0) is 23.0. The maximum absolute atomic E-state index is 9.16. The number of anilines is 1.